The zero-order valence-electron chi connectivity index (χ0n) is 13.0. The van der Waals surface area contributed by atoms with Crippen molar-refractivity contribution in [3.8, 4) is 10.8 Å². The number of rotatable bonds is 6. The van der Waals surface area contributed by atoms with Gasteiger partial charge in [0.15, 0.2) is 0 Å². The van der Waals surface area contributed by atoms with E-state index in [4.69, 9.17) is 4.42 Å². The van der Waals surface area contributed by atoms with E-state index in [2.05, 4.69) is 15.5 Å². The number of non-ortho nitro benzene ring substituents is 1. The van der Waals surface area contributed by atoms with Gasteiger partial charge in [0, 0.05) is 17.8 Å². The highest BCUT2D eigenvalue weighted by molar-refractivity contribution is 7.99. The van der Waals surface area contributed by atoms with Crippen LogP contribution in [0.15, 0.2) is 45.4 Å². The average molecular weight is 376 g/mol. The van der Waals surface area contributed by atoms with Crippen LogP contribution in [-0.4, -0.2) is 26.8 Å². The summed E-state index contributed by atoms with van der Waals surface area (Å²) in [5.74, 6) is 0.240. The molecule has 0 aliphatic heterocycles. The number of benzene rings is 1. The van der Waals surface area contributed by atoms with E-state index in [1.54, 1.807) is 6.92 Å². The first-order valence-electron chi connectivity index (χ1n) is 7.08. The topological polar surface area (TPSA) is 111 Å². The van der Waals surface area contributed by atoms with E-state index >= 15 is 0 Å². The Morgan fingerprint density at radius 2 is 2.24 bits per heavy atom. The van der Waals surface area contributed by atoms with Crippen LogP contribution in [-0.2, 0) is 4.79 Å². The van der Waals surface area contributed by atoms with Gasteiger partial charge in [-0.05, 0) is 30.0 Å². The SMILES string of the molecule is Cc1cc([N+](=O)[O-])ccc1NC(=O)CSc1nnc(-c2cccs2)o1. The van der Waals surface area contributed by atoms with E-state index in [0.29, 0.717) is 22.4 Å². The Morgan fingerprint density at radius 1 is 1.40 bits per heavy atom. The third kappa shape index (κ3) is 4.22. The van der Waals surface area contributed by atoms with Crippen LogP contribution in [0.25, 0.3) is 10.8 Å². The van der Waals surface area contributed by atoms with Gasteiger partial charge in [-0.15, -0.1) is 21.5 Å². The highest BCUT2D eigenvalue weighted by Gasteiger charge is 2.13. The van der Waals surface area contributed by atoms with Gasteiger partial charge in [0.05, 0.1) is 15.6 Å². The fraction of sp³-hybridized carbons (Fsp3) is 0.133. The molecule has 0 radical (unpaired) electrons. The Hall–Kier alpha value is -2.72. The summed E-state index contributed by atoms with van der Waals surface area (Å²) < 4.78 is 5.49. The predicted molar refractivity (Wildman–Crippen MR) is 94.8 cm³/mol. The normalized spacial score (nSPS) is 10.6. The van der Waals surface area contributed by atoms with E-state index in [-0.39, 0.29) is 17.3 Å². The maximum atomic E-state index is 12.0. The molecule has 128 valence electrons. The van der Waals surface area contributed by atoms with Gasteiger partial charge in [-0.1, -0.05) is 17.8 Å². The van der Waals surface area contributed by atoms with Crippen LogP contribution in [0, 0.1) is 17.0 Å². The molecule has 25 heavy (non-hydrogen) atoms. The van der Waals surface area contributed by atoms with Gasteiger partial charge in [-0.25, -0.2) is 0 Å². The zero-order chi connectivity index (χ0) is 17.8. The smallest absolute Gasteiger partial charge is 0.277 e. The second kappa shape index (κ2) is 7.45. The van der Waals surface area contributed by atoms with Crippen LogP contribution >= 0.6 is 23.1 Å². The fourth-order valence-corrected chi connectivity index (χ4v) is 3.19. The number of nitro groups is 1. The quantitative estimate of drug-likeness (QED) is 0.396. The van der Waals surface area contributed by atoms with Crippen molar-refractivity contribution in [1.82, 2.24) is 10.2 Å². The largest absolute Gasteiger partial charge is 0.410 e. The van der Waals surface area contributed by atoms with Crippen molar-refractivity contribution in [2.75, 3.05) is 11.1 Å². The summed E-state index contributed by atoms with van der Waals surface area (Å²) in [6.45, 7) is 1.70. The molecule has 10 heteroatoms. The fourth-order valence-electron chi connectivity index (χ4n) is 1.98. The summed E-state index contributed by atoms with van der Waals surface area (Å²) in [5, 5.41) is 23.5. The molecule has 0 spiro atoms. The van der Waals surface area contributed by atoms with Gasteiger partial charge >= 0.3 is 0 Å². The maximum Gasteiger partial charge on any atom is 0.277 e. The number of aryl methyl sites for hydroxylation is 1. The van der Waals surface area contributed by atoms with Crippen molar-refractivity contribution in [3.63, 3.8) is 0 Å². The van der Waals surface area contributed by atoms with Gasteiger partial charge in [0.25, 0.3) is 16.8 Å². The van der Waals surface area contributed by atoms with E-state index in [9.17, 15) is 14.9 Å². The number of aromatic nitrogens is 2. The van der Waals surface area contributed by atoms with Crippen LogP contribution in [0.3, 0.4) is 0 Å². The van der Waals surface area contributed by atoms with Crippen molar-refractivity contribution in [1.29, 1.82) is 0 Å². The van der Waals surface area contributed by atoms with Gasteiger partial charge < -0.3 is 9.73 Å². The number of amides is 1. The molecule has 3 rings (SSSR count). The molecule has 2 aromatic heterocycles. The number of thiophene rings is 1. The Kier molecular flexibility index (Phi) is 5.10. The van der Waals surface area contributed by atoms with E-state index in [0.717, 1.165) is 16.6 Å². The molecule has 2 heterocycles. The third-order valence-corrected chi connectivity index (χ3v) is 4.84. The summed E-state index contributed by atoms with van der Waals surface area (Å²) in [4.78, 5) is 23.2. The summed E-state index contributed by atoms with van der Waals surface area (Å²) in [5.41, 5.74) is 1.13. The molecular weight excluding hydrogens is 364 g/mol. The van der Waals surface area contributed by atoms with Crippen molar-refractivity contribution in [2.24, 2.45) is 0 Å². The number of nitrogens with zero attached hydrogens (tertiary/aromatic N) is 3. The molecule has 0 aliphatic rings. The molecule has 3 aromatic rings. The molecule has 1 aromatic carbocycles. The Balaban J connectivity index is 1.57. The third-order valence-electron chi connectivity index (χ3n) is 3.16. The number of nitrogens with one attached hydrogen (secondary N) is 1. The van der Waals surface area contributed by atoms with Crippen LogP contribution in [0.1, 0.15) is 5.56 Å². The van der Waals surface area contributed by atoms with Crippen molar-refractivity contribution in [2.45, 2.75) is 12.1 Å². The molecule has 1 N–H and O–H groups in total. The van der Waals surface area contributed by atoms with Crippen molar-refractivity contribution >= 4 is 40.4 Å². The number of anilines is 1. The lowest BCUT2D eigenvalue weighted by Crippen LogP contribution is -2.14. The van der Waals surface area contributed by atoms with Crippen LogP contribution in [0.5, 0.6) is 0 Å². The van der Waals surface area contributed by atoms with Crippen LogP contribution in [0.4, 0.5) is 11.4 Å². The molecule has 0 unspecified atom stereocenters. The van der Waals surface area contributed by atoms with E-state index in [1.807, 2.05) is 17.5 Å². The monoisotopic (exact) mass is 376 g/mol. The summed E-state index contributed by atoms with van der Waals surface area (Å²) in [6, 6.07) is 8.03. The number of carbonyl (C=O) groups is 1. The summed E-state index contributed by atoms with van der Waals surface area (Å²) in [7, 11) is 0. The molecule has 0 saturated heterocycles. The van der Waals surface area contributed by atoms with Crippen molar-refractivity contribution < 1.29 is 14.1 Å². The van der Waals surface area contributed by atoms with Gasteiger partial charge in [-0.3, -0.25) is 14.9 Å². The molecule has 0 saturated carbocycles. The minimum absolute atomic E-state index is 0.0168. The average Bonchev–Trinajstić information content (AvgIpc) is 3.25. The lowest BCUT2D eigenvalue weighted by atomic mass is 10.2. The first kappa shape index (κ1) is 17.1. The Morgan fingerprint density at radius 3 is 2.92 bits per heavy atom. The molecule has 0 bridgehead atoms. The van der Waals surface area contributed by atoms with Crippen LogP contribution < -0.4 is 5.32 Å². The minimum atomic E-state index is -0.477. The zero-order valence-corrected chi connectivity index (χ0v) is 14.6. The lowest BCUT2D eigenvalue weighted by molar-refractivity contribution is -0.384. The van der Waals surface area contributed by atoms with Gasteiger partial charge in [0.2, 0.25) is 5.91 Å². The molecule has 0 atom stereocenters. The summed E-state index contributed by atoms with van der Waals surface area (Å²) in [6.07, 6.45) is 0. The number of hydrogen-bond donors (Lipinski definition) is 1. The van der Waals surface area contributed by atoms with Crippen LogP contribution in [0.2, 0.25) is 0 Å². The van der Waals surface area contributed by atoms with E-state index in [1.165, 1.54) is 29.5 Å². The molecular formula is C15H12N4O4S2. The van der Waals surface area contributed by atoms with Crippen molar-refractivity contribution in [3.05, 3.63) is 51.4 Å². The Labute approximate surface area is 150 Å². The Bertz CT molecular complexity index is 908. The molecule has 0 fully saturated rings. The van der Waals surface area contributed by atoms with E-state index < -0.39 is 4.92 Å². The molecule has 8 nitrogen and oxygen atoms in total. The number of thioether (sulfide) groups is 1. The summed E-state index contributed by atoms with van der Waals surface area (Å²) >= 11 is 2.61. The standard InChI is InChI=1S/C15H12N4O4S2/c1-9-7-10(19(21)22)4-5-11(9)16-13(20)8-25-15-18-17-14(23-15)12-3-2-6-24-12/h2-7H,8H2,1H3,(H,16,20). The second-order valence-electron chi connectivity index (χ2n) is 4.94. The van der Waals surface area contributed by atoms with Gasteiger partial charge in [0.1, 0.15) is 0 Å². The second-order valence-corrected chi connectivity index (χ2v) is 6.82. The predicted octanol–water partition coefficient (Wildman–Crippen LogP) is 3.75. The highest BCUT2D eigenvalue weighted by Crippen LogP contribution is 2.27. The number of hydrogen-bond acceptors (Lipinski definition) is 8. The minimum Gasteiger partial charge on any atom is -0.410 e. The van der Waals surface area contributed by atoms with Gasteiger partial charge in [-0.2, -0.15) is 0 Å². The number of carbonyl (C=O) groups excluding carboxylic acids is 1. The molecule has 1 amide bonds. The maximum absolute atomic E-state index is 12.0. The lowest BCUT2D eigenvalue weighted by Gasteiger charge is -2.07. The molecule has 0 aliphatic carbocycles. The first-order valence-corrected chi connectivity index (χ1v) is 8.94. The first-order chi connectivity index (χ1) is 12.0. The highest BCUT2D eigenvalue weighted by atomic mass is 32.2. The number of nitro benzene ring substituents is 1.